The lowest BCUT2D eigenvalue weighted by molar-refractivity contribution is 0.485. The number of rotatable bonds is 4. The van der Waals surface area contributed by atoms with Gasteiger partial charge in [0.05, 0.1) is 0 Å². The number of halogens is 1. The highest BCUT2D eigenvalue weighted by Gasteiger charge is 2.22. The van der Waals surface area contributed by atoms with Crippen molar-refractivity contribution in [2.45, 2.75) is 45.6 Å². The molecule has 2 N–H and O–H groups in total. The van der Waals surface area contributed by atoms with Gasteiger partial charge in [-0.2, -0.15) is 0 Å². The van der Waals surface area contributed by atoms with Crippen molar-refractivity contribution in [3.63, 3.8) is 0 Å². The standard InChI is InChI=1S/C19H24FN/c1-13(2)16-8-6-15(7-9-16)12-19(4,21)17-10-5-14(3)18(20)11-17/h5-11,13H,12,21H2,1-4H3. The van der Waals surface area contributed by atoms with Crippen molar-refractivity contribution in [1.82, 2.24) is 0 Å². The summed E-state index contributed by atoms with van der Waals surface area (Å²) in [6.07, 6.45) is 0.688. The Morgan fingerprint density at radius 1 is 1.10 bits per heavy atom. The van der Waals surface area contributed by atoms with Gasteiger partial charge in [0.1, 0.15) is 5.82 Å². The summed E-state index contributed by atoms with van der Waals surface area (Å²) in [6, 6.07) is 13.8. The third kappa shape index (κ3) is 3.70. The number of nitrogens with two attached hydrogens (primary N) is 1. The lowest BCUT2D eigenvalue weighted by Crippen LogP contribution is -2.35. The van der Waals surface area contributed by atoms with Crippen molar-refractivity contribution < 1.29 is 4.39 Å². The second-order valence-corrected chi connectivity index (χ2v) is 6.45. The number of benzene rings is 2. The second kappa shape index (κ2) is 5.98. The van der Waals surface area contributed by atoms with E-state index in [9.17, 15) is 4.39 Å². The molecule has 0 saturated carbocycles. The molecule has 0 aromatic heterocycles. The first-order chi connectivity index (χ1) is 9.79. The third-order valence-electron chi connectivity index (χ3n) is 4.05. The molecule has 0 saturated heterocycles. The van der Waals surface area contributed by atoms with E-state index in [1.165, 1.54) is 11.1 Å². The van der Waals surface area contributed by atoms with Crippen molar-refractivity contribution in [1.29, 1.82) is 0 Å². The van der Waals surface area contributed by atoms with Gasteiger partial charge in [0.2, 0.25) is 0 Å². The van der Waals surface area contributed by atoms with E-state index in [4.69, 9.17) is 5.73 Å². The molecular weight excluding hydrogens is 261 g/mol. The average molecular weight is 285 g/mol. The summed E-state index contributed by atoms with van der Waals surface area (Å²) in [7, 11) is 0. The summed E-state index contributed by atoms with van der Waals surface area (Å²) >= 11 is 0. The van der Waals surface area contributed by atoms with Crippen molar-refractivity contribution in [3.05, 3.63) is 70.5 Å². The van der Waals surface area contributed by atoms with Gasteiger partial charge in [0.15, 0.2) is 0 Å². The fraction of sp³-hybridized carbons (Fsp3) is 0.368. The zero-order valence-corrected chi connectivity index (χ0v) is 13.3. The first-order valence-electron chi connectivity index (χ1n) is 7.44. The normalized spacial score (nSPS) is 14.2. The van der Waals surface area contributed by atoms with Crippen LogP contribution in [0.1, 0.15) is 48.9 Å². The van der Waals surface area contributed by atoms with E-state index in [1.54, 1.807) is 19.1 Å². The first-order valence-corrected chi connectivity index (χ1v) is 7.44. The monoisotopic (exact) mass is 285 g/mol. The maximum absolute atomic E-state index is 13.7. The van der Waals surface area contributed by atoms with Gasteiger partial charge >= 0.3 is 0 Å². The molecule has 0 aliphatic heterocycles. The molecule has 2 aromatic rings. The van der Waals surface area contributed by atoms with Crippen LogP contribution in [0.4, 0.5) is 4.39 Å². The van der Waals surface area contributed by atoms with Crippen molar-refractivity contribution in [2.75, 3.05) is 0 Å². The average Bonchev–Trinajstić information content (AvgIpc) is 2.42. The fourth-order valence-electron chi connectivity index (χ4n) is 2.49. The summed E-state index contributed by atoms with van der Waals surface area (Å²) in [6.45, 7) is 8.07. The summed E-state index contributed by atoms with van der Waals surface area (Å²) in [5.41, 5.74) is 9.82. The highest BCUT2D eigenvalue weighted by atomic mass is 19.1. The smallest absolute Gasteiger partial charge is 0.126 e. The molecule has 1 atom stereocenters. The van der Waals surface area contributed by atoms with Gasteiger partial charge in [-0.25, -0.2) is 4.39 Å². The minimum absolute atomic E-state index is 0.195. The molecule has 2 aromatic carbocycles. The molecule has 0 aliphatic carbocycles. The Hall–Kier alpha value is -1.67. The molecule has 0 bridgehead atoms. The number of hydrogen-bond donors (Lipinski definition) is 1. The van der Waals surface area contributed by atoms with Crippen molar-refractivity contribution in [3.8, 4) is 0 Å². The van der Waals surface area contributed by atoms with Crippen molar-refractivity contribution >= 4 is 0 Å². The molecule has 0 heterocycles. The molecule has 0 amide bonds. The summed E-state index contributed by atoms with van der Waals surface area (Å²) in [5.74, 6) is 0.328. The molecule has 2 heteroatoms. The van der Waals surface area contributed by atoms with Gasteiger partial charge < -0.3 is 5.73 Å². The van der Waals surface area contributed by atoms with Gasteiger partial charge in [-0.3, -0.25) is 0 Å². The minimum Gasteiger partial charge on any atom is -0.321 e. The Balaban J connectivity index is 2.21. The van der Waals surface area contributed by atoms with Crippen LogP contribution in [-0.2, 0) is 12.0 Å². The lowest BCUT2D eigenvalue weighted by atomic mass is 9.85. The van der Waals surface area contributed by atoms with Crippen LogP contribution in [0, 0.1) is 12.7 Å². The molecule has 0 aliphatic rings. The molecule has 1 unspecified atom stereocenters. The predicted octanol–water partition coefficient (Wildman–Crippen LogP) is 4.67. The van der Waals surface area contributed by atoms with E-state index in [1.807, 2.05) is 13.0 Å². The van der Waals surface area contributed by atoms with Crippen LogP contribution in [0.3, 0.4) is 0 Å². The van der Waals surface area contributed by atoms with Gasteiger partial charge in [0, 0.05) is 5.54 Å². The Morgan fingerprint density at radius 2 is 1.71 bits per heavy atom. The number of hydrogen-bond acceptors (Lipinski definition) is 1. The quantitative estimate of drug-likeness (QED) is 0.867. The van der Waals surface area contributed by atoms with E-state index in [0.717, 1.165) is 5.56 Å². The molecule has 0 fully saturated rings. The van der Waals surface area contributed by atoms with Crippen molar-refractivity contribution in [2.24, 2.45) is 5.73 Å². The highest BCUT2D eigenvalue weighted by molar-refractivity contribution is 5.32. The van der Waals surface area contributed by atoms with E-state index in [2.05, 4.69) is 38.1 Å². The first kappa shape index (κ1) is 15.7. The number of aryl methyl sites for hydroxylation is 1. The van der Waals surface area contributed by atoms with Gasteiger partial charge in [0.25, 0.3) is 0 Å². The third-order valence-corrected chi connectivity index (χ3v) is 4.05. The maximum atomic E-state index is 13.7. The maximum Gasteiger partial charge on any atom is 0.126 e. The van der Waals surface area contributed by atoms with Gasteiger partial charge in [-0.1, -0.05) is 50.2 Å². The van der Waals surface area contributed by atoms with Gasteiger partial charge in [-0.15, -0.1) is 0 Å². The zero-order chi connectivity index (χ0) is 15.6. The van der Waals surface area contributed by atoms with Crippen LogP contribution in [0.15, 0.2) is 42.5 Å². The molecule has 2 rings (SSSR count). The molecule has 1 nitrogen and oxygen atoms in total. The molecule has 0 radical (unpaired) electrons. The van der Waals surface area contributed by atoms with E-state index >= 15 is 0 Å². The van der Waals surface area contributed by atoms with E-state index < -0.39 is 5.54 Å². The van der Waals surface area contributed by atoms with E-state index in [0.29, 0.717) is 17.9 Å². The van der Waals surface area contributed by atoms with Gasteiger partial charge in [-0.05, 0) is 54.5 Å². The highest BCUT2D eigenvalue weighted by Crippen LogP contribution is 2.25. The second-order valence-electron chi connectivity index (χ2n) is 6.45. The Kier molecular flexibility index (Phi) is 4.48. The summed E-state index contributed by atoms with van der Waals surface area (Å²) in [4.78, 5) is 0. The molecule has 21 heavy (non-hydrogen) atoms. The van der Waals surface area contributed by atoms with Crippen LogP contribution >= 0.6 is 0 Å². The van der Waals surface area contributed by atoms with Crippen LogP contribution in [0.5, 0.6) is 0 Å². The van der Waals surface area contributed by atoms with Crippen LogP contribution in [0.25, 0.3) is 0 Å². The topological polar surface area (TPSA) is 26.0 Å². The summed E-state index contributed by atoms with van der Waals surface area (Å²) < 4.78 is 13.7. The lowest BCUT2D eigenvalue weighted by Gasteiger charge is -2.26. The zero-order valence-electron chi connectivity index (χ0n) is 13.3. The van der Waals surface area contributed by atoms with E-state index in [-0.39, 0.29) is 5.82 Å². The Labute approximate surface area is 127 Å². The largest absolute Gasteiger partial charge is 0.321 e. The minimum atomic E-state index is -0.576. The molecule has 0 spiro atoms. The summed E-state index contributed by atoms with van der Waals surface area (Å²) in [5, 5.41) is 0. The van der Waals surface area contributed by atoms with Crippen LogP contribution < -0.4 is 5.73 Å². The molecule has 112 valence electrons. The predicted molar refractivity (Wildman–Crippen MR) is 86.9 cm³/mol. The van der Waals surface area contributed by atoms with Crippen LogP contribution in [0.2, 0.25) is 0 Å². The van der Waals surface area contributed by atoms with Crippen LogP contribution in [-0.4, -0.2) is 0 Å². The molecular formula is C19H24FN. The Morgan fingerprint density at radius 3 is 2.24 bits per heavy atom. The SMILES string of the molecule is Cc1ccc(C(C)(N)Cc2ccc(C(C)C)cc2)cc1F. The Bertz CT molecular complexity index is 612. The fourth-order valence-corrected chi connectivity index (χ4v) is 2.49.